The van der Waals surface area contributed by atoms with E-state index >= 15 is 0 Å². The van der Waals surface area contributed by atoms with Crippen molar-refractivity contribution in [1.82, 2.24) is 10.2 Å². The molecule has 2 saturated heterocycles. The molecule has 43 heavy (non-hydrogen) atoms. The van der Waals surface area contributed by atoms with Gasteiger partial charge in [-0.2, -0.15) is 5.26 Å². The first-order valence-corrected chi connectivity index (χ1v) is 15.4. The highest BCUT2D eigenvalue weighted by atomic mass is 35.5. The van der Waals surface area contributed by atoms with Crippen LogP contribution in [0.3, 0.4) is 0 Å². The van der Waals surface area contributed by atoms with Crippen molar-refractivity contribution >= 4 is 17.5 Å². The topological polar surface area (TPSA) is 156 Å². The largest absolute Gasteiger partial charge is 0.490 e. The average molecular weight is 614 g/mol. The number of likely N-dealkylation sites (tertiary alicyclic amines) is 1. The van der Waals surface area contributed by atoms with Crippen LogP contribution in [0.25, 0.3) is 0 Å². The summed E-state index contributed by atoms with van der Waals surface area (Å²) in [6, 6.07) is 15.1. The molecule has 2 aromatic rings. The van der Waals surface area contributed by atoms with E-state index in [-0.39, 0.29) is 30.6 Å². The number of ether oxygens (including phenoxy) is 2. The molecule has 2 aliphatic heterocycles. The fourth-order valence-corrected chi connectivity index (χ4v) is 6.54. The molecule has 0 aromatic heterocycles. The second kappa shape index (κ2) is 14.4. The number of nitrogens with one attached hydrogen (secondary N) is 1. The molecular formula is C32H40ClN3O7. The second-order valence-corrected chi connectivity index (χ2v) is 12.2. The number of carbonyl (C=O) groups is 1. The van der Waals surface area contributed by atoms with Gasteiger partial charge in [0.05, 0.1) is 19.2 Å². The molecular weight excluding hydrogens is 574 g/mol. The lowest BCUT2D eigenvalue weighted by atomic mass is 9.90. The highest BCUT2D eigenvalue weighted by molar-refractivity contribution is 6.31. The minimum absolute atomic E-state index is 0.0125. The van der Waals surface area contributed by atoms with Crippen LogP contribution < -0.4 is 10.1 Å². The van der Waals surface area contributed by atoms with Crippen LogP contribution >= 0.6 is 11.6 Å². The van der Waals surface area contributed by atoms with Crippen LogP contribution in [0.1, 0.15) is 61.3 Å². The molecule has 1 saturated carbocycles. The first kappa shape index (κ1) is 31.7. The van der Waals surface area contributed by atoms with Crippen LogP contribution in [0.5, 0.6) is 5.75 Å². The van der Waals surface area contributed by atoms with E-state index in [2.05, 4.69) is 11.4 Å². The summed E-state index contributed by atoms with van der Waals surface area (Å²) in [7, 11) is 0. The fraction of sp³-hybridized carbons (Fsp3) is 0.562. The molecule has 3 fully saturated rings. The minimum Gasteiger partial charge on any atom is -0.490 e. The summed E-state index contributed by atoms with van der Waals surface area (Å²) in [5.74, 6) is 0.752. The normalized spacial score (nSPS) is 31.0. The number of hydrogen-bond donors (Lipinski definition) is 5. The Bertz CT molecular complexity index is 1290. The Kier molecular flexibility index (Phi) is 10.6. The molecule has 1 amide bonds. The third-order valence-corrected chi connectivity index (χ3v) is 9.17. The molecule has 3 aliphatic rings. The SMILES string of the molecule is N#C[C@@H]1CCCN1C(=O)CNC1CCCC(Oc2ccc(Cc3cc([C@@H]4O[C@H](CO)[C@@H](O)[C@H](O)[C@H]4O)ccc3Cl)cc2)C1. The standard InChI is InChI=1S/C32H40ClN3O7/c33-26-11-8-20(32-31(41)30(40)29(39)27(18-37)43-32)14-21(26)13-19-6-9-24(10-7-19)42-25-5-1-3-22(15-25)35-17-28(38)36-12-2-4-23(36)16-34/h6-11,14,22-23,25,27,29-32,35,37,39-41H,1-5,12-13,15,17-18H2/t22?,23-,25?,27+,29+,30-,31+,32-/m0/s1. The fourth-order valence-electron chi connectivity index (χ4n) is 6.35. The molecule has 2 unspecified atom stereocenters. The van der Waals surface area contributed by atoms with Crippen LogP contribution in [0, 0.1) is 11.3 Å². The molecule has 0 spiro atoms. The maximum atomic E-state index is 12.6. The van der Waals surface area contributed by atoms with Crippen LogP contribution in [0.2, 0.25) is 5.02 Å². The monoisotopic (exact) mass is 613 g/mol. The van der Waals surface area contributed by atoms with Crippen molar-refractivity contribution in [1.29, 1.82) is 5.26 Å². The Morgan fingerprint density at radius 2 is 1.86 bits per heavy atom. The average Bonchev–Trinajstić information content (AvgIpc) is 3.51. The smallest absolute Gasteiger partial charge is 0.237 e. The predicted molar refractivity (Wildman–Crippen MR) is 158 cm³/mol. The summed E-state index contributed by atoms with van der Waals surface area (Å²) in [6.07, 6.45) is -0.233. The van der Waals surface area contributed by atoms with Crippen molar-refractivity contribution in [2.24, 2.45) is 0 Å². The van der Waals surface area contributed by atoms with Gasteiger partial charge in [-0.15, -0.1) is 0 Å². The van der Waals surface area contributed by atoms with Crippen molar-refractivity contribution in [2.75, 3.05) is 19.7 Å². The summed E-state index contributed by atoms with van der Waals surface area (Å²) in [6.45, 7) is 0.405. The van der Waals surface area contributed by atoms with E-state index in [0.717, 1.165) is 55.4 Å². The maximum absolute atomic E-state index is 12.6. The van der Waals surface area contributed by atoms with E-state index in [1.807, 2.05) is 30.3 Å². The lowest BCUT2D eigenvalue weighted by Gasteiger charge is -2.40. The number of aliphatic hydroxyl groups excluding tert-OH is 4. The van der Waals surface area contributed by atoms with Gasteiger partial charge in [0, 0.05) is 17.6 Å². The van der Waals surface area contributed by atoms with E-state index in [4.69, 9.17) is 21.1 Å². The molecule has 10 nitrogen and oxygen atoms in total. The zero-order valence-electron chi connectivity index (χ0n) is 24.0. The van der Waals surface area contributed by atoms with E-state index in [1.54, 1.807) is 17.0 Å². The van der Waals surface area contributed by atoms with Crippen LogP contribution in [0.4, 0.5) is 0 Å². The van der Waals surface area contributed by atoms with Crippen LogP contribution in [-0.2, 0) is 16.0 Å². The number of nitriles is 1. The van der Waals surface area contributed by atoms with Gasteiger partial charge in [0.25, 0.3) is 0 Å². The van der Waals surface area contributed by atoms with Gasteiger partial charge in [-0.25, -0.2) is 0 Å². The number of hydrogen-bond acceptors (Lipinski definition) is 9. The highest BCUT2D eigenvalue weighted by Gasteiger charge is 2.44. The van der Waals surface area contributed by atoms with Crippen molar-refractivity contribution in [3.63, 3.8) is 0 Å². The number of aliphatic hydroxyl groups is 4. The van der Waals surface area contributed by atoms with Crippen LogP contribution in [-0.4, -0.2) is 93.5 Å². The lowest BCUT2D eigenvalue weighted by molar-refractivity contribution is -0.231. The molecule has 5 rings (SSSR count). The number of nitrogens with zero attached hydrogens (tertiary/aromatic N) is 2. The van der Waals surface area contributed by atoms with Gasteiger partial charge in [-0.1, -0.05) is 35.9 Å². The summed E-state index contributed by atoms with van der Waals surface area (Å²) in [5.41, 5.74) is 2.39. The molecule has 1 aliphatic carbocycles. The third-order valence-electron chi connectivity index (χ3n) is 8.80. The van der Waals surface area contributed by atoms with Gasteiger partial charge >= 0.3 is 0 Å². The number of carbonyl (C=O) groups excluding carboxylic acids is 1. The second-order valence-electron chi connectivity index (χ2n) is 11.8. The summed E-state index contributed by atoms with van der Waals surface area (Å²) < 4.78 is 12.0. The van der Waals surface area contributed by atoms with Gasteiger partial charge in [0.15, 0.2) is 0 Å². The van der Waals surface area contributed by atoms with Gasteiger partial charge in [-0.05, 0) is 79.8 Å². The van der Waals surface area contributed by atoms with E-state index in [9.17, 15) is 30.5 Å². The van der Waals surface area contributed by atoms with Gasteiger partial charge < -0.3 is 40.1 Å². The highest BCUT2D eigenvalue weighted by Crippen LogP contribution is 2.34. The van der Waals surface area contributed by atoms with Crippen molar-refractivity contribution < 1.29 is 34.7 Å². The predicted octanol–water partition coefficient (Wildman–Crippen LogP) is 2.24. The van der Waals surface area contributed by atoms with Crippen molar-refractivity contribution in [2.45, 2.75) is 93.7 Å². The Balaban J connectivity index is 1.15. The number of rotatable bonds is 9. The molecule has 232 valence electrons. The Morgan fingerprint density at radius 3 is 2.60 bits per heavy atom. The molecule has 2 heterocycles. The Hall–Kier alpha value is -2.75. The quantitative estimate of drug-likeness (QED) is 0.286. The van der Waals surface area contributed by atoms with E-state index in [0.29, 0.717) is 23.6 Å². The van der Waals surface area contributed by atoms with Gasteiger partial charge in [0.2, 0.25) is 5.91 Å². The number of amides is 1. The number of halogens is 1. The molecule has 2 aromatic carbocycles. The Labute approximate surface area is 256 Å². The molecule has 0 radical (unpaired) electrons. The molecule has 8 atom stereocenters. The summed E-state index contributed by atoms with van der Waals surface area (Å²) >= 11 is 6.50. The number of benzene rings is 2. The maximum Gasteiger partial charge on any atom is 0.237 e. The Morgan fingerprint density at radius 1 is 1.07 bits per heavy atom. The third kappa shape index (κ3) is 7.49. The molecule has 5 N–H and O–H groups in total. The van der Waals surface area contributed by atoms with E-state index < -0.39 is 37.1 Å². The van der Waals surface area contributed by atoms with Crippen molar-refractivity contribution in [3.05, 3.63) is 64.2 Å². The van der Waals surface area contributed by atoms with Crippen LogP contribution in [0.15, 0.2) is 42.5 Å². The minimum atomic E-state index is -1.45. The molecule has 11 heteroatoms. The van der Waals surface area contributed by atoms with E-state index in [1.165, 1.54) is 0 Å². The van der Waals surface area contributed by atoms with Crippen molar-refractivity contribution in [3.8, 4) is 11.8 Å². The first-order chi connectivity index (χ1) is 20.8. The zero-order valence-corrected chi connectivity index (χ0v) is 24.8. The zero-order chi connectivity index (χ0) is 30.5. The van der Waals surface area contributed by atoms with Gasteiger partial charge in [0.1, 0.15) is 48.4 Å². The van der Waals surface area contributed by atoms with Gasteiger partial charge in [-0.3, -0.25) is 4.79 Å². The lowest BCUT2D eigenvalue weighted by Crippen LogP contribution is -2.55. The molecule has 0 bridgehead atoms. The summed E-state index contributed by atoms with van der Waals surface area (Å²) in [4.78, 5) is 14.3. The summed E-state index contributed by atoms with van der Waals surface area (Å²) in [5, 5.41) is 53.5. The first-order valence-electron chi connectivity index (χ1n) is 15.0.